The van der Waals surface area contributed by atoms with Crippen molar-refractivity contribution < 1.29 is 19.8 Å². The van der Waals surface area contributed by atoms with Crippen molar-refractivity contribution in [1.29, 1.82) is 0 Å². The Morgan fingerprint density at radius 1 is 1.19 bits per heavy atom. The van der Waals surface area contributed by atoms with E-state index in [1.54, 1.807) is 25.7 Å². The molecule has 1 aliphatic rings. The van der Waals surface area contributed by atoms with E-state index in [0.29, 0.717) is 26.2 Å². The van der Waals surface area contributed by atoms with Crippen LogP contribution in [0.2, 0.25) is 0 Å². The van der Waals surface area contributed by atoms with Gasteiger partial charge in [0, 0.05) is 26.2 Å². The molecule has 0 aliphatic carbocycles. The predicted molar refractivity (Wildman–Crippen MR) is 79.1 cm³/mol. The van der Waals surface area contributed by atoms with Crippen LogP contribution in [0, 0.1) is 5.41 Å². The van der Waals surface area contributed by atoms with Crippen molar-refractivity contribution in [2.45, 2.75) is 33.2 Å². The molecule has 1 atom stereocenters. The standard InChI is InChI=1S/C14H27N3O4/c1-14(2,3)11(12(19)20)15-13(21)17-6-4-5-16(7-8-17)9-10-18/h11,18H,4-10H2,1-3H3,(H,15,21)(H,19,20)/t11-/m0/s1. The number of aliphatic carboxylic acids is 1. The SMILES string of the molecule is CC(C)(C)[C@@H](NC(=O)N1CCCN(CCO)CC1)C(=O)O. The summed E-state index contributed by atoms with van der Waals surface area (Å²) in [6.07, 6.45) is 0.820. The molecule has 122 valence electrons. The summed E-state index contributed by atoms with van der Waals surface area (Å²) in [4.78, 5) is 27.3. The van der Waals surface area contributed by atoms with Gasteiger partial charge in [-0.15, -0.1) is 0 Å². The average molecular weight is 301 g/mol. The first-order chi connectivity index (χ1) is 9.75. The van der Waals surface area contributed by atoms with Crippen LogP contribution in [0.3, 0.4) is 0 Å². The summed E-state index contributed by atoms with van der Waals surface area (Å²) < 4.78 is 0. The van der Waals surface area contributed by atoms with Crippen LogP contribution in [0.4, 0.5) is 4.79 Å². The van der Waals surface area contributed by atoms with Gasteiger partial charge in [-0.1, -0.05) is 20.8 Å². The zero-order valence-electron chi connectivity index (χ0n) is 13.1. The molecule has 21 heavy (non-hydrogen) atoms. The fourth-order valence-corrected chi connectivity index (χ4v) is 2.40. The van der Waals surface area contributed by atoms with Gasteiger partial charge in [0.05, 0.1) is 6.61 Å². The molecule has 1 saturated heterocycles. The average Bonchev–Trinajstić information content (AvgIpc) is 2.60. The highest BCUT2D eigenvalue weighted by Crippen LogP contribution is 2.19. The van der Waals surface area contributed by atoms with Gasteiger partial charge in [0.2, 0.25) is 0 Å². The molecule has 3 N–H and O–H groups in total. The molecule has 0 aromatic heterocycles. The number of carboxylic acids is 1. The summed E-state index contributed by atoms with van der Waals surface area (Å²) in [5, 5.41) is 20.8. The third-order valence-corrected chi connectivity index (χ3v) is 3.67. The molecule has 1 fully saturated rings. The van der Waals surface area contributed by atoms with E-state index in [1.165, 1.54) is 0 Å². The lowest BCUT2D eigenvalue weighted by atomic mass is 9.87. The minimum absolute atomic E-state index is 0.108. The smallest absolute Gasteiger partial charge is 0.326 e. The van der Waals surface area contributed by atoms with Crippen molar-refractivity contribution >= 4 is 12.0 Å². The molecule has 1 heterocycles. The van der Waals surface area contributed by atoms with Crippen molar-refractivity contribution in [3.63, 3.8) is 0 Å². The van der Waals surface area contributed by atoms with Gasteiger partial charge in [-0.25, -0.2) is 9.59 Å². The molecular weight excluding hydrogens is 274 g/mol. The summed E-state index contributed by atoms with van der Waals surface area (Å²) in [6, 6.07) is -1.25. The Hall–Kier alpha value is -1.34. The molecule has 7 nitrogen and oxygen atoms in total. The Bertz CT molecular complexity index is 368. The summed E-state index contributed by atoms with van der Waals surface area (Å²) in [6.45, 7) is 8.76. The minimum atomic E-state index is -1.02. The molecule has 1 aliphatic heterocycles. The summed E-state index contributed by atoms with van der Waals surface area (Å²) >= 11 is 0. The van der Waals surface area contributed by atoms with Gasteiger partial charge in [-0.05, 0) is 18.4 Å². The Morgan fingerprint density at radius 2 is 1.86 bits per heavy atom. The molecule has 1 rings (SSSR count). The second-order valence-corrected chi connectivity index (χ2v) is 6.49. The number of hydrogen-bond donors (Lipinski definition) is 3. The molecule has 0 spiro atoms. The van der Waals surface area contributed by atoms with E-state index >= 15 is 0 Å². The molecule has 0 bridgehead atoms. The number of aliphatic hydroxyl groups is 1. The van der Waals surface area contributed by atoms with E-state index in [-0.39, 0.29) is 12.6 Å². The van der Waals surface area contributed by atoms with Gasteiger partial charge >= 0.3 is 12.0 Å². The van der Waals surface area contributed by atoms with Gasteiger partial charge in [-0.2, -0.15) is 0 Å². The number of nitrogens with zero attached hydrogens (tertiary/aromatic N) is 2. The highest BCUT2D eigenvalue weighted by Gasteiger charge is 2.34. The predicted octanol–water partition coefficient (Wildman–Crippen LogP) is 0.195. The van der Waals surface area contributed by atoms with Crippen molar-refractivity contribution in [1.82, 2.24) is 15.1 Å². The third-order valence-electron chi connectivity index (χ3n) is 3.67. The zero-order chi connectivity index (χ0) is 16.0. The summed E-state index contributed by atoms with van der Waals surface area (Å²) in [5.41, 5.74) is -0.545. The maximum atomic E-state index is 12.3. The van der Waals surface area contributed by atoms with Gasteiger partial charge in [0.25, 0.3) is 0 Å². The number of β-amino-alcohol motifs (C(OH)–C–C–N with tert-alkyl or cyclic N) is 1. The Labute approximate surface area is 125 Å². The highest BCUT2D eigenvalue weighted by atomic mass is 16.4. The fourth-order valence-electron chi connectivity index (χ4n) is 2.40. The number of amides is 2. The van der Waals surface area contributed by atoms with E-state index in [9.17, 15) is 14.7 Å². The van der Waals surface area contributed by atoms with Crippen LogP contribution in [-0.4, -0.2) is 77.4 Å². The maximum Gasteiger partial charge on any atom is 0.326 e. The molecule has 7 heteroatoms. The minimum Gasteiger partial charge on any atom is -0.480 e. The molecule has 0 radical (unpaired) electrons. The van der Waals surface area contributed by atoms with E-state index in [4.69, 9.17) is 5.11 Å². The van der Waals surface area contributed by atoms with Crippen LogP contribution in [0.1, 0.15) is 27.2 Å². The van der Waals surface area contributed by atoms with E-state index in [2.05, 4.69) is 10.2 Å². The number of carbonyl (C=O) groups excluding carboxylic acids is 1. The van der Waals surface area contributed by atoms with Crippen LogP contribution in [-0.2, 0) is 4.79 Å². The monoisotopic (exact) mass is 301 g/mol. The first-order valence-corrected chi connectivity index (χ1v) is 7.37. The fraction of sp³-hybridized carbons (Fsp3) is 0.857. The van der Waals surface area contributed by atoms with Gasteiger partial charge in [-0.3, -0.25) is 4.90 Å². The normalized spacial score (nSPS) is 19.0. The number of hydrogen-bond acceptors (Lipinski definition) is 4. The number of carbonyl (C=O) groups is 2. The van der Waals surface area contributed by atoms with E-state index in [1.807, 2.05) is 0 Å². The van der Waals surface area contributed by atoms with E-state index in [0.717, 1.165) is 13.0 Å². The van der Waals surface area contributed by atoms with Crippen molar-refractivity contribution in [2.75, 3.05) is 39.3 Å². The topological polar surface area (TPSA) is 93.1 Å². The summed E-state index contributed by atoms with van der Waals surface area (Å²) in [7, 11) is 0. The molecule has 2 amide bonds. The molecule has 0 aromatic rings. The second kappa shape index (κ2) is 7.61. The summed E-state index contributed by atoms with van der Waals surface area (Å²) in [5.74, 6) is -1.02. The Morgan fingerprint density at radius 3 is 2.38 bits per heavy atom. The first-order valence-electron chi connectivity index (χ1n) is 7.37. The van der Waals surface area contributed by atoms with Crippen LogP contribution in [0.5, 0.6) is 0 Å². The lowest BCUT2D eigenvalue weighted by Crippen LogP contribution is -2.53. The molecule has 0 aromatic carbocycles. The van der Waals surface area contributed by atoms with Crippen LogP contribution in [0.25, 0.3) is 0 Å². The Kier molecular flexibility index (Phi) is 6.42. The molecular formula is C14H27N3O4. The zero-order valence-corrected chi connectivity index (χ0v) is 13.1. The number of rotatable bonds is 4. The number of carboxylic acid groups (broad SMARTS) is 1. The van der Waals surface area contributed by atoms with E-state index < -0.39 is 17.4 Å². The number of aliphatic hydroxyl groups excluding tert-OH is 1. The second-order valence-electron chi connectivity index (χ2n) is 6.49. The largest absolute Gasteiger partial charge is 0.480 e. The number of nitrogens with one attached hydrogen (secondary N) is 1. The van der Waals surface area contributed by atoms with Crippen LogP contribution >= 0.6 is 0 Å². The quantitative estimate of drug-likeness (QED) is 0.689. The van der Waals surface area contributed by atoms with Crippen molar-refractivity contribution in [3.05, 3.63) is 0 Å². The van der Waals surface area contributed by atoms with Gasteiger partial charge in [0.1, 0.15) is 6.04 Å². The Balaban J connectivity index is 2.60. The van der Waals surface area contributed by atoms with Crippen LogP contribution in [0.15, 0.2) is 0 Å². The third kappa shape index (κ3) is 5.51. The van der Waals surface area contributed by atoms with Gasteiger partial charge in [0.15, 0.2) is 0 Å². The lowest BCUT2D eigenvalue weighted by Gasteiger charge is -2.30. The van der Waals surface area contributed by atoms with Crippen molar-refractivity contribution in [3.8, 4) is 0 Å². The number of urea groups is 1. The molecule has 0 saturated carbocycles. The highest BCUT2D eigenvalue weighted by molar-refractivity contribution is 5.83. The van der Waals surface area contributed by atoms with Gasteiger partial charge < -0.3 is 20.4 Å². The van der Waals surface area contributed by atoms with Crippen LogP contribution < -0.4 is 5.32 Å². The first kappa shape index (κ1) is 17.7. The molecule has 0 unspecified atom stereocenters. The lowest BCUT2D eigenvalue weighted by molar-refractivity contribution is -0.142. The van der Waals surface area contributed by atoms with Crippen molar-refractivity contribution in [2.24, 2.45) is 5.41 Å². The maximum absolute atomic E-state index is 12.3.